The molecule has 0 bridgehead atoms. The summed E-state index contributed by atoms with van der Waals surface area (Å²) in [6.45, 7) is 2.90. The van der Waals surface area contributed by atoms with Gasteiger partial charge in [0.15, 0.2) is 5.13 Å². The number of benzene rings is 1. The lowest BCUT2D eigenvalue weighted by atomic mass is 10.1. The summed E-state index contributed by atoms with van der Waals surface area (Å²) in [5, 5.41) is 12.7. The van der Waals surface area contributed by atoms with Gasteiger partial charge < -0.3 is 10.0 Å². The number of fused-ring (bicyclic) bond motifs is 1. The van der Waals surface area contributed by atoms with E-state index in [2.05, 4.69) is 10.3 Å². The van der Waals surface area contributed by atoms with Crippen LogP contribution in [0.15, 0.2) is 18.2 Å². The molecule has 0 atom stereocenters. The summed E-state index contributed by atoms with van der Waals surface area (Å²) in [5.41, 5.74) is -0.593. The molecule has 112 valence electrons. The van der Waals surface area contributed by atoms with Gasteiger partial charge in [-0.15, -0.1) is 0 Å². The van der Waals surface area contributed by atoms with Crippen LogP contribution < -0.4 is 5.32 Å². The molecule has 0 fully saturated rings. The highest BCUT2D eigenvalue weighted by Crippen LogP contribution is 2.28. The molecule has 6 nitrogen and oxygen atoms in total. The molecule has 0 aliphatic carbocycles. The molecule has 1 aromatic heterocycles. The quantitative estimate of drug-likeness (QED) is 0.906. The zero-order valence-corrected chi connectivity index (χ0v) is 13.2. The summed E-state index contributed by atoms with van der Waals surface area (Å²) in [7, 11) is 1.42. The van der Waals surface area contributed by atoms with E-state index >= 15 is 0 Å². The first-order chi connectivity index (χ1) is 9.71. The number of hydrogen-bond acceptors (Lipinski definition) is 4. The first kappa shape index (κ1) is 15.5. The van der Waals surface area contributed by atoms with Crippen LogP contribution in [0.3, 0.4) is 0 Å². The Bertz CT molecular complexity index is 714. The summed E-state index contributed by atoms with van der Waals surface area (Å²) in [4.78, 5) is 28.6. The molecule has 1 aromatic carbocycles. The number of carboxylic acid groups (broad SMARTS) is 1. The van der Waals surface area contributed by atoms with Crippen molar-refractivity contribution in [3.8, 4) is 0 Å². The molecular weight excluding hydrogens is 314 g/mol. The third kappa shape index (κ3) is 3.08. The number of halogens is 1. The number of nitrogens with zero attached hydrogens (tertiary/aromatic N) is 2. The van der Waals surface area contributed by atoms with E-state index in [1.54, 1.807) is 18.2 Å². The molecule has 2 aromatic rings. The lowest BCUT2D eigenvalue weighted by molar-refractivity contribution is -0.146. The van der Waals surface area contributed by atoms with Crippen molar-refractivity contribution in [3.05, 3.63) is 23.2 Å². The minimum absolute atomic E-state index is 0.394. The Labute approximate surface area is 130 Å². The van der Waals surface area contributed by atoms with Crippen LogP contribution in [0.5, 0.6) is 0 Å². The molecular formula is C13H14ClN3O3S. The molecule has 1 heterocycles. The number of rotatable bonds is 3. The molecule has 0 unspecified atom stereocenters. The van der Waals surface area contributed by atoms with Crippen molar-refractivity contribution in [2.45, 2.75) is 19.4 Å². The van der Waals surface area contributed by atoms with Crippen LogP contribution in [0.4, 0.5) is 9.93 Å². The fourth-order valence-electron chi connectivity index (χ4n) is 1.52. The van der Waals surface area contributed by atoms with Crippen LogP contribution in [0, 0.1) is 0 Å². The first-order valence-corrected chi connectivity index (χ1v) is 7.25. The van der Waals surface area contributed by atoms with Crippen molar-refractivity contribution < 1.29 is 14.7 Å². The zero-order chi connectivity index (χ0) is 15.8. The molecule has 0 spiro atoms. The lowest BCUT2D eigenvalue weighted by Crippen LogP contribution is -2.52. The molecule has 2 amide bonds. The van der Waals surface area contributed by atoms with Crippen molar-refractivity contribution in [3.63, 3.8) is 0 Å². The SMILES string of the molecule is CN(C(=O)Nc1nc2ccc(Cl)cc2s1)C(C)(C)C(=O)O. The van der Waals surface area contributed by atoms with Gasteiger partial charge in [-0.3, -0.25) is 5.32 Å². The molecule has 0 saturated carbocycles. The van der Waals surface area contributed by atoms with Crippen LogP contribution in [0.2, 0.25) is 5.02 Å². The van der Waals surface area contributed by atoms with Gasteiger partial charge in [-0.05, 0) is 32.0 Å². The fraction of sp³-hybridized carbons (Fsp3) is 0.308. The van der Waals surface area contributed by atoms with Crippen molar-refractivity contribution in [2.75, 3.05) is 12.4 Å². The van der Waals surface area contributed by atoms with E-state index in [1.165, 1.54) is 32.2 Å². The molecule has 2 N–H and O–H groups in total. The van der Waals surface area contributed by atoms with E-state index in [9.17, 15) is 9.59 Å². The first-order valence-electron chi connectivity index (χ1n) is 6.06. The average Bonchev–Trinajstić information content (AvgIpc) is 2.78. The topological polar surface area (TPSA) is 82.5 Å². The van der Waals surface area contributed by atoms with Crippen molar-refractivity contribution in [2.24, 2.45) is 0 Å². The largest absolute Gasteiger partial charge is 0.480 e. The number of aromatic nitrogens is 1. The van der Waals surface area contributed by atoms with Gasteiger partial charge in [0.1, 0.15) is 5.54 Å². The Morgan fingerprint density at radius 2 is 2.10 bits per heavy atom. The van der Waals surface area contributed by atoms with E-state index in [0.717, 1.165) is 15.1 Å². The average molecular weight is 328 g/mol. The number of hydrogen-bond donors (Lipinski definition) is 2. The standard InChI is InChI=1S/C13H14ClN3O3S/c1-13(2,10(18)19)17(3)12(20)16-11-15-8-5-4-7(14)6-9(8)21-11/h4-6H,1-3H3,(H,18,19)(H,15,16,20). The van der Waals surface area contributed by atoms with E-state index in [0.29, 0.717) is 10.2 Å². The van der Waals surface area contributed by atoms with Crippen LogP contribution in [-0.4, -0.2) is 39.6 Å². The highest BCUT2D eigenvalue weighted by Gasteiger charge is 2.35. The molecule has 8 heteroatoms. The molecule has 0 saturated heterocycles. The Morgan fingerprint density at radius 3 is 2.71 bits per heavy atom. The number of anilines is 1. The predicted octanol–water partition coefficient (Wildman–Crippen LogP) is 3.28. The smallest absolute Gasteiger partial charge is 0.329 e. The molecule has 2 rings (SSSR count). The van der Waals surface area contributed by atoms with Gasteiger partial charge in [-0.2, -0.15) is 0 Å². The Kier molecular flexibility index (Phi) is 4.06. The van der Waals surface area contributed by atoms with Crippen LogP contribution in [0.25, 0.3) is 10.2 Å². The number of thiazole rings is 1. The molecule has 21 heavy (non-hydrogen) atoms. The number of nitrogens with one attached hydrogen (secondary N) is 1. The normalized spacial score (nSPS) is 11.4. The Balaban J connectivity index is 2.20. The van der Waals surface area contributed by atoms with Crippen molar-refractivity contribution >= 4 is 50.3 Å². The number of carboxylic acids is 1. The number of urea groups is 1. The molecule has 0 radical (unpaired) electrons. The van der Waals surface area contributed by atoms with Gasteiger partial charge in [-0.25, -0.2) is 14.6 Å². The molecule has 0 aliphatic heterocycles. The number of likely N-dealkylation sites (N-methyl/N-ethyl adjacent to an activating group) is 1. The van der Waals surface area contributed by atoms with E-state index in [4.69, 9.17) is 16.7 Å². The summed E-state index contributed by atoms with van der Waals surface area (Å²) in [6, 6.07) is 4.70. The highest BCUT2D eigenvalue weighted by atomic mass is 35.5. The maximum atomic E-state index is 12.1. The number of amides is 2. The summed E-state index contributed by atoms with van der Waals surface area (Å²) in [6.07, 6.45) is 0. The van der Waals surface area contributed by atoms with E-state index in [-0.39, 0.29) is 0 Å². The summed E-state index contributed by atoms with van der Waals surface area (Å²) < 4.78 is 0.845. The van der Waals surface area contributed by atoms with Crippen LogP contribution in [-0.2, 0) is 4.79 Å². The highest BCUT2D eigenvalue weighted by molar-refractivity contribution is 7.22. The number of aliphatic carboxylic acids is 1. The van der Waals surface area contributed by atoms with Crippen LogP contribution in [0.1, 0.15) is 13.8 Å². The van der Waals surface area contributed by atoms with Crippen molar-refractivity contribution in [1.82, 2.24) is 9.88 Å². The molecule has 0 aliphatic rings. The van der Waals surface area contributed by atoms with Gasteiger partial charge in [0.05, 0.1) is 10.2 Å². The maximum Gasteiger partial charge on any atom is 0.329 e. The predicted molar refractivity (Wildman–Crippen MR) is 83.1 cm³/mol. The fourth-order valence-corrected chi connectivity index (χ4v) is 2.66. The Morgan fingerprint density at radius 1 is 1.43 bits per heavy atom. The Hall–Kier alpha value is -1.86. The third-order valence-electron chi connectivity index (χ3n) is 3.23. The number of carbonyl (C=O) groups is 2. The summed E-state index contributed by atoms with van der Waals surface area (Å²) >= 11 is 7.17. The number of carbonyl (C=O) groups excluding carboxylic acids is 1. The van der Waals surface area contributed by atoms with Crippen molar-refractivity contribution in [1.29, 1.82) is 0 Å². The van der Waals surface area contributed by atoms with Gasteiger partial charge >= 0.3 is 12.0 Å². The second kappa shape index (κ2) is 5.50. The van der Waals surface area contributed by atoms with E-state index < -0.39 is 17.5 Å². The van der Waals surface area contributed by atoms with Gasteiger partial charge in [-0.1, -0.05) is 22.9 Å². The minimum Gasteiger partial charge on any atom is -0.480 e. The second-order valence-corrected chi connectivity index (χ2v) is 6.45. The van der Waals surface area contributed by atoms with Gasteiger partial charge in [0.25, 0.3) is 0 Å². The van der Waals surface area contributed by atoms with Gasteiger partial charge in [0, 0.05) is 12.1 Å². The maximum absolute atomic E-state index is 12.1. The minimum atomic E-state index is -1.32. The van der Waals surface area contributed by atoms with Gasteiger partial charge in [0.2, 0.25) is 0 Å². The van der Waals surface area contributed by atoms with Crippen LogP contribution >= 0.6 is 22.9 Å². The lowest BCUT2D eigenvalue weighted by Gasteiger charge is -2.31. The zero-order valence-electron chi connectivity index (χ0n) is 11.7. The second-order valence-electron chi connectivity index (χ2n) is 4.98. The van der Waals surface area contributed by atoms with E-state index in [1.807, 2.05) is 0 Å². The summed E-state index contributed by atoms with van der Waals surface area (Å²) in [5.74, 6) is -1.09. The third-order valence-corrected chi connectivity index (χ3v) is 4.40. The monoisotopic (exact) mass is 327 g/mol.